The summed E-state index contributed by atoms with van der Waals surface area (Å²) in [4.78, 5) is 23.4. The molecule has 0 saturated heterocycles. The summed E-state index contributed by atoms with van der Waals surface area (Å²) in [5.74, 6) is -1.39. The van der Waals surface area contributed by atoms with E-state index < -0.39 is 27.3 Å². The number of rotatable bonds is 7. The Bertz CT molecular complexity index is 645. The molecule has 7 heteroatoms. The number of hydrogen-bond donors (Lipinski definition) is 2. The molecule has 0 spiro atoms. The summed E-state index contributed by atoms with van der Waals surface area (Å²) >= 11 is 0. The second-order valence-electron chi connectivity index (χ2n) is 5.31. The van der Waals surface area contributed by atoms with Crippen molar-refractivity contribution in [1.82, 2.24) is 5.32 Å². The van der Waals surface area contributed by atoms with Gasteiger partial charge in [-0.25, -0.2) is 8.42 Å². The Morgan fingerprint density at radius 3 is 2.00 bits per heavy atom. The van der Waals surface area contributed by atoms with Crippen molar-refractivity contribution < 1.29 is 23.1 Å². The molecule has 122 valence electrons. The van der Waals surface area contributed by atoms with Gasteiger partial charge < -0.3 is 10.4 Å². The van der Waals surface area contributed by atoms with Crippen LogP contribution in [0.25, 0.3) is 0 Å². The van der Waals surface area contributed by atoms with Gasteiger partial charge in [0.15, 0.2) is 9.84 Å². The third kappa shape index (κ3) is 4.56. The van der Waals surface area contributed by atoms with E-state index in [0.29, 0.717) is 18.4 Å². The Kier molecular flexibility index (Phi) is 5.71. The van der Waals surface area contributed by atoms with Crippen LogP contribution in [-0.4, -0.2) is 37.2 Å². The lowest BCUT2D eigenvalue weighted by atomic mass is 9.88. The molecule has 0 radical (unpaired) electrons. The largest absolute Gasteiger partial charge is 0.481 e. The third-order valence-electron chi connectivity index (χ3n) is 3.77. The molecule has 0 saturated carbocycles. The highest BCUT2D eigenvalue weighted by molar-refractivity contribution is 7.90. The van der Waals surface area contributed by atoms with E-state index in [9.17, 15) is 18.0 Å². The minimum atomic E-state index is -3.32. The summed E-state index contributed by atoms with van der Waals surface area (Å²) in [6.45, 7) is 3.64. The standard InChI is InChI=1S/C15H21NO5S/c1-4-15(5-2,10-13(17)18)16-14(19)11-6-8-12(9-7-11)22(3,20)21/h6-9H,4-5,10H2,1-3H3,(H,16,19)(H,17,18). The van der Waals surface area contributed by atoms with Crippen LogP contribution in [0.15, 0.2) is 29.2 Å². The van der Waals surface area contributed by atoms with Gasteiger partial charge in [0.1, 0.15) is 0 Å². The number of hydrogen-bond acceptors (Lipinski definition) is 4. The normalized spacial score (nSPS) is 12.0. The third-order valence-corrected chi connectivity index (χ3v) is 4.89. The van der Waals surface area contributed by atoms with Crippen molar-refractivity contribution in [2.75, 3.05) is 6.26 Å². The van der Waals surface area contributed by atoms with Crippen LogP contribution >= 0.6 is 0 Å². The van der Waals surface area contributed by atoms with Gasteiger partial charge in [0.25, 0.3) is 5.91 Å². The van der Waals surface area contributed by atoms with Crippen molar-refractivity contribution in [2.24, 2.45) is 0 Å². The van der Waals surface area contributed by atoms with E-state index in [-0.39, 0.29) is 11.3 Å². The van der Waals surface area contributed by atoms with Crippen molar-refractivity contribution in [3.8, 4) is 0 Å². The quantitative estimate of drug-likeness (QED) is 0.796. The number of aliphatic carboxylic acids is 1. The van der Waals surface area contributed by atoms with E-state index in [1.54, 1.807) is 0 Å². The first-order valence-corrected chi connectivity index (χ1v) is 8.87. The second-order valence-corrected chi connectivity index (χ2v) is 7.32. The fourth-order valence-corrected chi connectivity index (χ4v) is 2.81. The molecule has 1 aromatic rings. The monoisotopic (exact) mass is 327 g/mol. The number of carbonyl (C=O) groups excluding carboxylic acids is 1. The number of amides is 1. The molecule has 0 unspecified atom stereocenters. The summed E-state index contributed by atoms with van der Waals surface area (Å²) < 4.78 is 22.8. The van der Waals surface area contributed by atoms with E-state index in [1.165, 1.54) is 24.3 Å². The maximum atomic E-state index is 12.3. The molecule has 0 aliphatic carbocycles. The molecule has 0 aliphatic heterocycles. The number of carbonyl (C=O) groups is 2. The summed E-state index contributed by atoms with van der Waals surface area (Å²) in [5.41, 5.74) is -0.512. The summed E-state index contributed by atoms with van der Waals surface area (Å²) in [7, 11) is -3.32. The van der Waals surface area contributed by atoms with Crippen LogP contribution in [0.4, 0.5) is 0 Å². The van der Waals surface area contributed by atoms with Crippen molar-refractivity contribution in [2.45, 2.75) is 43.5 Å². The average molecular weight is 327 g/mol. The van der Waals surface area contributed by atoms with Crippen molar-refractivity contribution in [1.29, 1.82) is 0 Å². The number of carboxylic acids is 1. The van der Waals surface area contributed by atoms with Crippen LogP contribution in [0.3, 0.4) is 0 Å². The highest BCUT2D eigenvalue weighted by Crippen LogP contribution is 2.21. The van der Waals surface area contributed by atoms with E-state index in [0.717, 1.165) is 6.26 Å². The van der Waals surface area contributed by atoms with Crippen molar-refractivity contribution in [3.05, 3.63) is 29.8 Å². The maximum Gasteiger partial charge on any atom is 0.305 e. The molecule has 0 aliphatic rings. The Hall–Kier alpha value is -1.89. The lowest BCUT2D eigenvalue weighted by molar-refractivity contribution is -0.138. The first-order chi connectivity index (χ1) is 10.1. The number of sulfone groups is 1. The Balaban J connectivity index is 2.98. The van der Waals surface area contributed by atoms with Gasteiger partial charge in [0, 0.05) is 11.8 Å². The summed E-state index contributed by atoms with van der Waals surface area (Å²) in [6.07, 6.45) is 1.91. The van der Waals surface area contributed by atoms with Crippen molar-refractivity contribution in [3.63, 3.8) is 0 Å². The van der Waals surface area contributed by atoms with Gasteiger partial charge in [-0.2, -0.15) is 0 Å². The molecule has 1 amide bonds. The second kappa shape index (κ2) is 6.91. The lowest BCUT2D eigenvalue weighted by Gasteiger charge is -2.31. The minimum absolute atomic E-state index is 0.131. The fraction of sp³-hybridized carbons (Fsp3) is 0.467. The molecule has 0 heterocycles. The average Bonchev–Trinajstić information content (AvgIpc) is 2.45. The molecule has 0 bridgehead atoms. The number of nitrogens with one attached hydrogen (secondary N) is 1. The molecule has 0 fully saturated rings. The summed E-state index contributed by atoms with van der Waals surface area (Å²) in [6, 6.07) is 5.56. The molecule has 0 aromatic heterocycles. The van der Waals surface area contributed by atoms with E-state index in [1.807, 2.05) is 13.8 Å². The molecule has 2 N–H and O–H groups in total. The SMILES string of the molecule is CCC(CC)(CC(=O)O)NC(=O)c1ccc(S(C)(=O)=O)cc1. The molecular weight excluding hydrogens is 306 g/mol. The molecule has 6 nitrogen and oxygen atoms in total. The lowest BCUT2D eigenvalue weighted by Crippen LogP contribution is -2.49. The molecule has 22 heavy (non-hydrogen) atoms. The Labute approximate surface area is 130 Å². The van der Waals surface area contributed by atoms with Crippen LogP contribution in [0.1, 0.15) is 43.5 Å². The topological polar surface area (TPSA) is 101 Å². The Morgan fingerprint density at radius 1 is 1.14 bits per heavy atom. The molecule has 1 rings (SSSR count). The van der Waals surface area contributed by atoms with Crippen LogP contribution in [0.5, 0.6) is 0 Å². The van der Waals surface area contributed by atoms with Gasteiger partial charge in [-0.3, -0.25) is 9.59 Å². The predicted octanol–water partition coefficient (Wildman–Crippen LogP) is 1.85. The molecule has 1 aromatic carbocycles. The first kappa shape index (κ1) is 18.2. The first-order valence-electron chi connectivity index (χ1n) is 6.98. The fourth-order valence-electron chi connectivity index (χ4n) is 2.18. The van der Waals surface area contributed by atoms with Crippen LogP contribution in [-0.2, 0) is 14.6 Å². The highest BCUT2D eigenvalue weighted by Gasteiger charge is 2.31. The van der Waals surface area contributed by atoms with Gasteiger partial charge in [-0.05, 0) is 37.1 Å². The minimum Gasteiger partial charge on any atom is -0.481 e. The predicted molar refractivity (Wildman–Crippen MR) is 82.6 cm³/mol. The van der Waals surface area contributed by atoms with Gasteiger partial charge in [0.05, 0.1) is 16.9 Å². The van der Waals surface area contributed by atoms with Crippen LogP contribution < -0.4 is 5.32 Å². The van der Waals surface area contributed by atoms with E-state index in [4.69, 9.17) is 5.11 Å². The molecule has 0 atom stereocenters. The van der Waals surface area contributed by atoms with Crippen LogP contribution in [0, 0.1) is 0 Å². The summed E-state index contributed by atoms with van der Waals surface area (Å²) in [5, 5.41) is 11.8. The number of carboxylic acid groups (broad SMARTS) is 1. The van der Waals surface area contributed by atoms with Crippen LogP contribution in [0.2, 0.25) is 0 Å². The zero-order valence-electron chi connectivity index (χ0n) is 12.9. The molecular formula is C15H21NO5S. The number of benzene rings is 1. The van der Waals surface area contributed by atoms with Gasteiger partial charge in [-0.15, -0.1) is 0 Å². The Morgan fingerprint density at radius 2 is 1.64 bits per heavy atom. The van der Waals surface area contributed by atoms with E-state index >= 15 is 0 Å². The zero-order chi connectivity index (χ0) is 17.0. The maximum absolute atomic E-state index is 12.3. The van der Waals surface area contributed by atoms with Gasteiger partial charge >= 0.3 is 5.97 Å². The van der Waals surface area contributed by atoms with E-state index in [2.05, 4.69) is 5.32 Å². The van der Waals surface area contributed by atoms with Gasteiger partial charge in [0.2, 0.25) is 0 Å². The smallest absolute Gasteiger partial charge is 0.305 e. The van der Waals surface area contributed by atoms with Crippen molar-refractivity contribution >= 4 is 21.7 Å². The van der Waals surface area contributed by atoms with Gasteiger partial charge in [-0.1, -0.05) is 13.8 Å². The highest BCUT2D eigenvalue weighted by atomic mass is 32.2. The zero-order valence-corrected chi connectivity index (χ0v) is 13.7.